The molecule has 0 aromatic rings. The number of ether oxygens (including phenoxy) is 1. The maximum Gasteiger partial charge on any atom is 0.163 e. The monoisotopic (exact) mass is 158 g/mol. The highest BCUT2D eigenvalue weighted by Gasteiger charge is 2.33. The second-order valence-corrected chi connectivity index (χ2v) is 3.00. The zero-order valence-electron chi connectivity index (χ0n) is 6.91. The summed E-state index contributed by atoms with van der Waals surface area (Å²) in [5.74, 6) is -0.254. The van der Waals surface area contributed by atoms with E-state index in [0.717, 1.165) is 6.42 Å². The van der Waals surface area contributed by atoms with E-state index in [0.29, 0.717) is 0 Å². The van der Waals surface area contributed by atoms with Crippen molar-refractivity contribution in [2.24, 2.45) is 5.92 Å². The Balaban J connectivity index is 2.59. The summed E-state index contributed by atoms with van der Waals surface area (Å²) in [5, 5.41) is 9.46. The van der Waals surface area contributed by atoms with E-state index in [1.807, 2.05) is 6.92 Å². The number of rotatable bonds is 1. The lowest BCUT2D eigenvalue weighted by molar-refractivity contribution is -0.152. The lowest BCUT2D eigenvalue weighted by atomic mass is 9.92. The number of aliphatic hydroxyl groups excluding tert-OH is 1. The number of aliphatic hydroxyl groups is 1. The third kappa shape index (κ3) is 1.60. The first-order chi connectivity index (χ1) is 5.16. The van der Waals surface area contributed by atoms with Crippen molar-refractivity contribution in [3.05, 3.63) is 0 Å². The van der Waals surface area contributed by atoms with Gasteiger partial charge in [-0.15, -0.1) is 0 Å². The molecule has 1 aliphatic heterocycles. The van der Waals surface area contributed by atoms with E-state index in [2.05, 4.69) is 0 Å². The van der Waals surface area contributed by atoms with Crippen molar-refractivity contribution in [3.63, 3.8) is 0 Å². The molecule has 0 aromatic carbocycles. The van der Waals surface area contributed by atoms with Gasteiger partial charge in [0.25, 0.3) is 0 Å². The van der Waals surface area contributed by atoms with E-state index in [1.54, 1.807) is 6.92 Å². The highest BCUT2D eigenvalue weighted by atomic mass is 16.5. The fraction of sp³-hybridized carbons (Fsp3) is 0.875. The molecule has 0 aromatic heterocycles. The number of Topliss-reactive ketones (excluding diaryl/α,β-unsaturated/α-hetero) is 1. The topological polar surface area (TPSA) is 46.5 Å². The van der Waals surface area contributed by atoms with E-state index in [4.69, 9.17) is 4.74 Å². The van der Waals surface area contributed by atoms with Gasteiger partial charge < -0.3 is 9.84 Å². The van der Waals surface area contributed by atoms with Crippen molar-refractivity contribution in [2.75, 3.05) is 6.61 Å². The quantitative estimate of drug-likeness (QED) is 0.599. The molecule has 1 aliphatic rings. The van der Waals surface area contributed by atoms with Crippen LogP contribution in [0, 0.1) is 5.92 Å². The Morgan fingerprint density at radius 2 is 2.36 bits per heavy atom. The van der Waals surface area contributed by atoms with Gasteiger partial charge in [-0.1, -0.05) is 13.8 Å². The summed E-state index contributed by atoms with van der Waals surface area (Å²) in [4.78, 5) is 11.0. The third-order valence-corrected chi connectivity index (χ3v) is 2.24. The van der Waals surface area contributed by atoms with Crippen LogP contribution in [0.15, 0.2) is 0 Å². The molecule has 3 nitrogen and oxygen atoms in total. The summed E-state index contributed by atoms with van der Waals surface area (Å²) in [6.07, 6.45) is 0.00245. The smallest absolute Gasteiger partial charge is 0.163 e. The summed E-state index contributed by atoms with van der Waals surface area (Å²) in [6, 6.07) is 0. The first-order valence-electron chi connectivity index (χ1n) is 3.99. The predicted molar refractivity (Wildman–Crippen MR) is 40.2 cm³/mol. The molecule has 0 bridgehead atoms. The van der Waals surface area contributed by atoms with Crippen molar-refractivity contribution in [3.8, 4) is 0 Å². The van der Waals surface area contributed by atoms with Crippen LogP contribution in [0.4, 0.5) is 0 Å². The molecule has 1 heterocycles. The summed E-state index contributed by atoms with van der Waals surface area (Å²) < 4.78 is 5.12. The molecule has 0 aliphatic carbocycles. The minimum Gasteiger partial charge on any atom is -0.390 e. The molecule has 1 unspecified atom stereocenters. The Bertz CT molecular complexity index is 155. The van der Waals surface area contributed by atoms with E-state index >= 15 is 0 Å². The third-order valence-electron chi connectivity index (χ3n) is 2.24. The van der Waals surface area contributed by atoms with Crippen LogP contribution in [0.3, 0.4) is 0 Å². The van der Waals surface area contributed by atoms with Crippen molar-refractivity contribution < 1.29 is 14.6 Å². The van der Waals surface area contributed by atoms with E-state index in [1.165, 1.54) is 0 Å². The molecule has 3 atom stereocenters. The van der Waals surface area contributed by atoms with E-state index < -0.39 is 6.10 Å². The van der Waals surface area contributed by atoms with Crippen LogP contribution in [0.1, 0.15) is 20.3 Å². The van der Waals surface area contributed by atoms with Crippen molar-refractivity contribution >= 4 is 5.78 Å². The Morgan fingerprint density at radius 1 is 1.73 bits per heavy atom. The summed E-state index contributed by atoms with van der Waals surface area (Å²) in [6.45, 7) is 3.85. The molecular weight excluding hydrogens is 144 g/mol. The zero-order chi connectivity index (χ0) is 8.43. The molecule has 1 rings (SSSR count). The van der Waals surface area contributed by atoms with Gasteiger partial charge in [-0.2, -0.15) is 0 Å². The predicted octanol–water partition coefficient (Wildman–Crippen LogP) is 0.361. The molecule has 1 fully saturated rings. The highest BCUT2D eigenvalue weighted by molar-refractivity contribution is 5.83. The Morgan fingerprint density at radius 3 is 2.91 bits per heavy atom. The Hall–Kier alpha value is -0.410. The first-order valence-corrected chi connectivity index (χ1v) is 3.99. The Labute approximate surface area is 66.4 Å². The molecule has 1 saturated heterocycles. The maximum absolute atomic E-state index is 11.0. The average molecular weight is 158 g/mol. The standard InChI is InChI=1S/C8H14O3/c1-3-7-8(10)5(2)6(9)4-11-7/h5,7-8,10H,3-4H2,1-2H3/t5?,7-,8-/m1/s1. The van der Waals surface area contributed by atoms with Crippen molar-refractivity contribution in [1.29, 1.82) is 0 Å². The van der Waals surface area contributed by atoms with E-state index in [-0.39, 0.29) is 24.4 Å². The SMILES string of the molecule is CC[C@H]1OCC(=O)C(C)[C@H]1O. The molecule has 0 spiro atoms. The molecule has 0 saturated carbocycles. The van der Waals surface area contributed by atoms with Crippen molar-refractivity contribution in [2.45, 2.75) is 32.5 Å². The van der Waals surface area contributed by atoms with Gasteiger partial charge >= 0.3 is 0 Å². The minimum absolute atomic E-state index is 0.00204. The van der Waals surface area contributed by atoms with Gasteiger partial charge in [0.05, 0.1) is 12.2 Å². The second-order valence-electron chi connectivity index (χ2n) is 3.00. The van der Waals surface area contributed by atoms with Crippen LogP contribution in [0.25, 0.3) is 0 Å². The zero-order valence-corrected chi connectivity index (χ0v) is 6.91. The summed E-state index contributed by atoms with van der Waals surface area (Å²) >= 11 is 0. The molecule has 11 heavy (non-hydrogen) atoms. The minimum atomic E-state index is -0.610. The Kier molecular flexibility index (Phi) is 2.62. The van der Waals surface area contributed by atoms with Crippen LogP contribution in [0.2, 0.25) is 0 Å². The number of hydrogen-bond donors (Lipinski definition) is 1. The largest absolute Gasteiger partial charge is 0.390 e. The fourth-order valence-corrected chi connectivity index (χ4v) is 1.29. The van der Waals surface area contributed by atoms with Crippen molar-refractivity contribution in [1.82, 2.24) is 0 Å². The van der Waals surface area contributed by atoms with Gasteiger partial charge in [0.1, 0.15) is 6.61 Å². The lowest BCUT2D eigenvalue weighted by Crippen LogP contribution is -2.45. The average Bonchev–Trinajstić information content (AvgIpc) is 2.01. The van der Waals surface area contributed by atoms with Crippen LogP contribution in [0.5, 0.6) is 0 Å². The number of hydrogen-bond acceptors (Lipinski definition) is 3. The molecular formula is C8H14O3. The van der Waals surface area contributed by atoms with Crippen LogP contribution < -0.4 is 0 Å². The van der Waals surface area contributed by atoms with Crippen LogP contribution in [-0.4, -0.2) is 29.7 Å². The van der Waals surface area contributed by atoms with E-state index in [9.17, 15) is 9.90 Å². The molecule has 0 amide bonds. The highest BCUT2D eigenvalue weighted by Crippen LogP contribution is 2.19. The first kappa shape index (κ1) is 8.68. The lowest BCUT2D eigenvalue weighted by Gasteiger charge is -2.31. The van der Waals surface area contributed by atoms with Gasteiger partial charge in [0, 0.05) is 5.92 Å². The van der Waals surface area contributed by atoms with Crippen LogP contribution in [-0.2, 0) is 9.53 Å². The van der Waals surface area contributed by atoms with Gasteiger partial charge in [0.2, 0.25) is 0 Å². The maximum atomic E-state index is 11.0. The molecule has 3 heteroatoms. The van der Waals surface area contributed by atoms with Gasteiger partial charge in [-0.3, -0.25) is 4.79 Å². The fourth-order valence-electron chi connectivity index (χ4n) is 1.29. The second kappa shape index (κ2) is 3.32. The number of ketones is 1. The van der Waals surface area contributed by atoms with Crippen LogP contribution >= 0.6 is 0 Å². The molecule has 64 valence electrons. The van der Waals surface area contributed by atoms with Gasteiger partial charge in [-0.25, -0.2) is 0 Å². The summed E-state index contributed by atoms with van der Waals surface area (Å²) in [5.41, 5.74) is 0. The van der Waals surface area contributed by atoms with Gasteiger partial charge in [-0.05, 0) is 6.42 Å². The number of carbonyl (C=O) groups excluding carboxylic acids is 1. The number of carbonyl (C=O) groups is 1. The van der Waals surface area contributed by atoms with Gasteiger partial charge in [0.15, 0.2) is 5.78 Å². The summed E-state index contributed by atoms with van der Waals surface area (Å²) in [7, 11) is 0. The normalized spacial score (nSPS) is 39.2. The molecule has 1 N–H and O–H groups in total. The molecule has 0 radical (unpaired) electrons.